The summed E-state index contributed by atoms with van der Waals surface area (Å²) in [7, 11) is 0. The topological polar surface area (TPSA) is 78.0 Å². The number of halogens is 1. The highest BCUT2D eigenvalue weighted by molar-refractivity contribution is 6.30. The van der Waals surface area contributed by atoms with Gasteiger partial charge in [0.1, 0.15) is 11.8 Å². The van der Waals surface area contributed by atoms with Crippen molar-refractivity contribution in [1.29, 1.82) is 0 Å². The third kappa shape index (κ3) is 1.79. The van der Waals surface area contributed by atoms with Gasteiger partial charge in [-0.25, -0.2) is 0 Å². The van der Waals surface area contributed by atoms with Crippen LogP contribution in [0.2, 0.25) is 5.02 Å². The Morgan fingerprint density at radius 1 is 1.18 bits per heavy atom. The third-order valence-corrected chi connectivity index (χ3v) is 3.71. The maximum absolute atomic E-state index is 12.7. The van der Waals surface area contributed by atoms with Crippen LogP contribution in [0.5, 0.6) is 0 Å². The lowest BCUT2D eigenvalue weighted by Gasteiger charge is -2.10. The van der Waals surface area contributed by atoms with Gasteiger partial charge >= 0.3 is 0 Å². The largest absolute Gasteiger partial charge is 0.285 e. The second-order valence-electron chi connectivity index (χ2n) is 4.83. The Hall–Kier alpha value is -2.80. The lowest BCUT2D eigenvalue weighted by Crippen LogP contribution is -2.20. The van der Waals surface area contributed by atoms with Gasteiger partial charge in [-0.05, 0) is 30.7 Å². The molecule has 0 saturated carbocycles. The molecule has 0 aliphatic heterocycles. The van der Waals surface area contributed by atoms with E-state index in [4.69, 9.17) is 11.6 Å². The molecule has 0 N–H and O–H groups in total. The molecule has 1 aromatic carbocycles. The van der Waals surface area contributed by atoms with E-state index in [1.54, 1.807) is 24.4 Å². The van der Waals surface area contributed by atoms with Crippen LogP contribution in [0.1, 0.15) is 5.56 Å². The summed E-state index contributed by atoms with van der Waals surface area (Å²) in [5.74, 6) is 0.351. The second-order valence-corrected chi connectivity index (χ2v) is 5.26. The minimum Gasteiger partial charge on any atom is -0.282 e. The van der Waals surface area contributed by atoms with Gasteiger partial charge in [-0.3, -0.25) is 9.36 Å². The van der Waals surface area contributed by atoms with Crippen molar-refractivity contribution < 1.29 is 0 Å². The van der Waals surface area contributed by atoms with Crippen molar-refractivity contribution in [2.45, 2.75) is 6.92 Å². The highest BCUT2D eigenvalue weighted by Gasteiger charge is 2.12. The highest BCUT2D eigenvalue weighted by atomic mass is 35.5. The molecule has 22 heavy (non-hydrogen) atoms. The summed E-state index contributed by atoms with van der Waals surface area (Å²) in [6.07, 6.45) is 3.04. The van der Waals surface area contributed by atoms with Crippen LogP contribution in [0.4, 0.5) is 0 Å². The average molecular weight is 313 g/mol. The molecule has 0 bridgehead atoms. The number of aryl methyl sites for hydroxylation is 1. The molecule has 0 fully saturated rings. The predicted octanol–water partition coefficient (Wildman–Crippen LogP) is 1.79. The van der Waals surface area contributed by atoms with Crippen LogP contribution < -0.4 is 5.56 Å². The van der Waals surface area contributed by atoms with Crippen molar-refractivity contribution in [2.75, 3.05) is 0 Å². The molecular weight excluding hydrogens is 304 g/mol. The third-order valence-electron chi connectivity index (χ3n) is 3.47. The van der Waals surface area contributed by atoms with E-state index in [0.717, 1.165) is 5.56 Å². The van der Waals surface area contributed by atoms with Gasteiger partial charge in [0.25, 0.3) is 11.3 Å². The maximum atomic E-state index is 12.7. The maximum Gasteiger partial charge on any atom is 0.285 e. The van der Waals surface area contributed by atoms with Gasteiger partial charge in [-0.2, -0.15) is 14.6 Å². The fraction of sp³-hybridized carbons (Fsp3) is 0.0714. The van der Waals surface area contributed by atoms with Gasteiger partial charge in [0.15, 0.2) is 5.52 Å². The lowest BCUT2D eigenvalue weighted by atomic mass is 10.2. The minimum absolute atomic E-state index is 0.222. The van der Waals surface area contributed by atoms with E-state index in [1.807, 2.05) is 13.0 Å². The molecule has 3 heterocycles. The first kappa shape index (κ1) is 12.9. The van der Waals surface area contributed by atoms with E-state index in [0.29, 0.717) is 22.0 Å². The lowest BCUT2D eigenvalue weighted by molar-refractivity contribution is 0.912. The van der Waals surface area contributed by atoms with Crippen molar-refractivity contribution in [3.05, 3.63) is 57.7 Å². The molecule has 0 aliphatic carbocycles. The van der Waals surface area contributed by atoms with Crippen LogP contribution >= 0.6 is 11.6 Å². The number of benzene rings is 1. The number of rotatable bonds is 1. The zero-order chi connectivity index (χ0) is 15.3. The molecule has 4 aromatic rings. The number of aromatic nitrogens is 6. The molecule has 0 aliphatic rings. The first-order chi connectivity index (χ1) is 10.6. The van der Waals surface area contributed by atoms with Crippen LogP contribution in [0.3, 0.4) is 0 Å². The number of pyridine rings is 1. The van der Waals surface area contributed by atoms with Gasteiger partial charge in [0, 0.05) is 11.2 Å². The van der Waals surface area contributed by atoms with Crippen LogP contribution in [0, 0.1) is 6.92 Å². The zero-order valence-electron chi connectivity index (χ0n) is 11.4. The summed E-state index contributed by atoms with van der Waals surface area (Å²) in [5, 5.41) is 12.5. The standard InChI is InChI=1S/C14H9ClN6O/c1-8-2-3-9(15)6-11(8)20-5-4-10-12(13(20)22)18-19-14-16-7-17-21(10)14/h2-7H,1H3. The summed E-state index contributed by atoms with van der Waals surface area (Å²) in [6.45, 7) is 1.91. The Bertz CT molecular complexity index is 1080. The summed E-state index contributed by atoms with van der Waals surface area (Å²) in [5.41, 5.74) is 2.14. The van der Waals surface area contributed by atoms with Crippen molar-refractivity contribution >= 4 is 28.4 Å². The normalized spacial score (nSPS) is 11.4. The fourth-order valence-electron chi connectivity index (χ4n) is 2.38. The quantitative estimate of drug-likeness (QED) is 0.535. The summed E-state index contributed by atoms with van der Waals surface area (Å²) >= 11 is 6.04. The predicted molar refractivity (Wildman–Crippen MR) is 81.4 cm³/mol. The monoisotopic (exact) mass is 312 g/mol. The molecule has 108 valence electrons. The SMILES string of the molecule is Cc1ccc(Cl)cc1-n1ccc2c(nnc3ncnn32)c1=O. The van der Waals surface area contributed by atoms with E-state index < -0.39 is 0 Å². The Balaban J connectivity index is 2.08. The molecule has 3 aromatic heterocycles. The van der Waals surface area contributed by atoms with Crippen molar-refractivity contribution in [1.82, 2.24) is 29.4 Å². The van der Waals surface area contributed by atoms with Crippen LogP contribution in [0.25, 0.3) is 22.5 Å². The Morgan fingerprint density at radius 2 is 2.05 bits per heavy atom. The minimum atomic E-state index is -0.284. The van der Waals surface area contributed by atoms with Gasteiger partial charge in [-0.1, -0.05) is 17.7 Å². The average Bonchev–Trinajstić information content (AvgIpc) is 2.99. The van der Waals surface area contributed by atoms with Crippen LogP contribution in [0.15, 0.2) is 41.6 Å². The van der Waals surface area contributed by atoms with Crippen LogP contribution in [-0.2, 0) is 0 Å². The summed E-state index contributed by atoms with van der Waals surface area (Å²) in [6, 6.07) is 7.14. The Morgan fingerprint density at radius 3 is 2.91 bits per heavy atom. The number of fused-ring (bicyclic) bond motifs is 3. The summed E-state index contributed by atoms with van der Waals surface area (Å²) in [4.78, 5) is 16.7. The Labute approximate surface area is 128 Å². The molecule has 4 rings (SSSR count). The first-order valence-electron chi connectivity index (χ1n) is 6.49. The molecule has 0 amide bonds. The molecule has 0 radical (unpaired) electrons. The molecule has 7 nitrogen and oxygen atoms in total. The molecule has 0 atom stereocenters. The molecule has 0 saturated heterocycles. The van der Waals surface area contributed by atoms with Gasteiger partial charge in [0.2, 0.25) is 0 Å². The van der Waals surface area contributed by atoms with E-state index >= 15 is 0 Å². The van der Waals surface area contributed by atoms with Crippen LogP contribution in [-0.4, -0.2) is 29.4 Å². The van der Waals surface area contributed by atoms with Crippen molar-refractivity contribution in [2.24, 2.45) is 0 Å². The van der Waals surface area contributed by atoms with Crippen molar-refractivity contribution in [3.8, 4) is 5.69 Å². The van der Waals surface area contributed by atoms with E-state index in [1.165, 1.54) is 15.4 Å². The van der Waals surface area contributed by atoms with Gasteiger partial charge in [0.05, 0.1) is 5.69 Å². The summed E-state index contributed by atoms with van der Waals surface area (Å²) < 4.78 is 2.99. The highest BCUT2D eigenvalue weighted by Crippen LogP contribution is 2.19. The number of nitrogens with zero attached hydrogens (tertiary/aromatic N) is 6. The number of hydrogen-bond acceptors (Lipinski definition) is 5. The smallest absolute Gasteiger partial charge is 0.282 e. The zero-order valence-corrected chi connectivity index (χ0v) is 12.2. The molecule has 0 spiro atoms. The molecular formula is C14H9ClN6O. The first-order valence-corrected chi connectivity index (χ1v) is 6.87. The van der Waals surface area contributed by atoms with E-state index in [2.05, 4.69) is 20.3 Å². The molecule has 8 heteroatoms. The second kappa shape index (κ2) is 4.60. The fourth-order valence-corrected chi connectivity index (χ4v) is 2.55. The van der Waals surface area contributed by atoms with E-state index in [-0.39, 0.29) is 11.1 Å². The van der Waals surface area contributed by atoms with Gasteiger partial charge in [-0.15, -0.1) is 10.2 Å². The van der Waals surface area contributed by atoms with Gasteiger partial charge < -0.3 is 0 Å². The van der Waals surface area contributed by atoms with E-state index in [9.17, 15) is 4.79 Å². The number of hydrogen-bond donors (Lipinski definition) is 0. The Kier molecular flexibility index (Phi) is 2.70. The van der Waals surface area contributed by atoms with Crippen molar-refractivity contribution in [3.63, 3.8) is 0 Å². The molecule has 0 unspecified atom stereocenters.